The second-order valence-electron chi connectivity index (χ2n) is 6.91. The molecule has 0 spiro atoms. The van der Waals surface area contributed by atoms with E-state index in [4.69, 9.17) is 9.47 Å². The van der Waals surface area contributed by atoms with Gasteiger partial charge < -0.3 is 19.9 Å². The molecule has 0 saturated carbocycles. The number of nitrogens with zero attached hydrogens (tertiary/aromatic N) is 2. The number of hydrogen-bond acceptors (Lipinski definition) is 7. The maximum Gasteiger partial charge on any atom is 0.273 e. The highest BCUT2D eigenvalue weighted by Crippen LogP contribution is 2.31. The number of amides is 1. The smallest absolute Gasteiger partial charge is 0.273 e. The fraction of sp³-hybridized carbons (Fsp3) is 0.0833. The molecule has 3 aromatic rings. The molecule has 0 unspecified atom stereocenters. The van der Waals surface area contributed by atoms with Crippen LogP contribution in [0, 0.1) is 21.4 Å². The Hall–Kier alpha value is -4.36. The standard InChI is InChI=1S/C24H18BrN3O6/c1-33-22-9-4-16(11-23(22)34-14-15-2-5-18(25)6-3-15)10-17(13-26)24(30)27-20-8-7-19(28(31)32)12-21(20)29/h2-12,29H,14H2,1H3,(H,27,30). The molecule has 0 aliphatic carbocycles. The van der Waals surface area contributed by atoms with Crippen molar-refractivity contribution in [2.45, 2.75) is 6.61 Å². The second-order valence-corrected chi connectivity index (χ2v) is 7.82. The third kappa shape index (κ3) is 6.11. The van der Waals surface area contributed by atoms with E-state index in [2.05, 4.69) is 21.2 Å². The van der Waals surface area contributed by atoms with Crippen LogP contribution in [-0.4, -0.2) is 23.0 Å². The number of phenolic OH excluding ortho intramolecular Hbond substituents is 1. The van der Waals surface area contributed by atoms with Gasteiger partial charge in [0.1, 0.15) is 24.0 Å². The average Bonchev–Trinajstić information content (AvgIpc) is 2.83. The molecule has 0 fully saturated rings. The van der Waals surface area contributed by atoms with Gasteiger partial charge in [0.15, 0.2) is 11.5 Å². The molecule has 0 aliphatic rings. The first-order valence-electron chi connectivity index (χ1n) is 9.76. The molecule has 172 valence electrons. The van der Waals surface area contributed by atoms with Gasteiger partial charge in [0.25, 0.3) is 11.6 Å². The van der Waals surface area contributed by atoms with Crippen molar-refractivity contribution in [2.24, 2.45) is 0 Å². The van der Waals surface area contributed by atoms with E-state index in [0.717, 1.165) is 22.2 Å². The number of anilines is 1. The molecular weight excluding hydrogens is 506 g/mol. The molecule has 10 heteroatoms. The third-order valence-corrected chi connectivity index (χ3v) is 5.14. The van der Waals surface area contributed by atoms with Crippen LogP contribution in [0.25, 0.3) is 6.08 Å². The first-order chi connectivity index (χ1) is 16.3. The topological polar surface area (TPSA) is 135 Å². The van der Waals surface area contributed by atoms with Crippen molar-refractivity contribution in [2.75, 3.05) is 12.4 Å². The van der Waals surface area contributed by atoms with E-state index in [1.165, 1.54) is 19.3 Å². The number of nitrogens with one attached hydrogen (secondary N) is 1. The van der Waals surface area contributed by atoms with Crippen molar-refractivity contribution in [1.82, 2.24) is 0 Å². The van der Waals surface area contributed by atoms with Gasteiger partial charge in [-0.1, -0.05) is 34.1 Å². The molecule has 1 amide bonds. The van der Waals surface area contributed by atoms with Crippen LogP contribution in [0.4, 0.5) is 11.4 Å². The molecule has 0 bridgehead atoms. The Bertz CT molecular complexity index is 1300. The Labute approximate surface area is 203 Å². The molecule has 2 N–H and O–H groups in total. The number of benzene rings is 3. The van der Waals surface area contributed by atoms with Gasteiger partial charge >= 0.3 is 0 Å². The Morgan fingerprint density at radius 2 is 1.91 bits per heavy atom. The van der Waals surface area contributed by atoms with E-state index >= 15 is 0 Å². The number of methoxy groups -OCH3 is 1. The summed E-state index contributed by atoms with van der Waals surface area (Å²) in [5, 5.41) is 32.6. The van der Waals surface area contributed by atoms with Gasteiger partial charge in [0.05, 0.1) is 23.8 Å². The van der Waals surface area contributed by atoms with Crippen molar-refractivity contribution in [1.29, 1.82) is 5.26 Å². The number of aromatic hydroxyl groups is 1. The fourth-order valence-corrected chi connectivity index (χ4v) is 3.15. The first-order valence-corrected chi connectivity index (χ1v) is 10.6. The summed E-state index contributed by atoms with van der Waals surface area (Å²) >= 11 is 3.38. The van der Waals surface area contributed by atoms with Crippen LogP contribution in [0.15, 0.2) is 70.7 Å². The molecule has 3 rings (SSSR count). The maximum absolute atomic E-state index is 12.6. The molecule has 0 aromatic heterocycles. The summed E-state index contributed by atoms with van der Waals surface area (Å²) in [4.78, 5) is 22.7. The largest absolute Gasteiger partial charge is 0.506 e. The predicted octanol–water partition coefficient (Wildman–Crippen LogP) is 5.20. The van der Waals surface area contributed by atoms with Gasteiger partial charge in [0.2, 0.25) is 0 Å². The van der Waals surface area contributed by atoms with E-state index in [9.17, 15) is 25.3 Å². The van der Waals surface area contributed by atoms with E-state index in [-0.39, 0.29) is 23.6 Å². The highest BCUT2D eigenvalue weighted by molar-refractivity contribution is 9.10. The molecule has 9 nitrogen and oxygen atoms in total. The highest BCUT2D eigenvalue weighted by Gasteiger charge is 2.15. The minimum atomic E-state index is -0.792. The lowest BCUT2D eigenvalue weighted by Gasteiger charge is -2.12. The summed E-state index contributed by atoms with van der Waals surface area (Å²) in [7, 11) is 1.50. The van der Waals surface area contributed by atoms with Crippen LogP contribution in [0.1, 0.15) is 11.1 Å². The minimum Gasteiger partial charge on any atom is -0.506 e. The number of carbonyl (C=O) groups excluding carboxylic acids is 1. The van der Waals surface area contributed by atoms with Crippen molar-refractivity contribution in [3.63, 3.8) is 0 Å². The molecule has 0 saturated heterocycles. The van der Waals surface area contributed by atoms with Crippen LogP contribution in [0.3, 0.4) is 0 Å². The van der Waals surface area contributed by atoms with Crippen LogP contribution in [0.2, 0.25) is 0 Å². The number of carbonyl (C=O) groups is 1. The third-order valence-electron chi connectivity index (χ3n) is 4.61. The summed E-state index contributed by atoms with van der Waals surface area (Å²) in [6, 6.07) is 17.6. The van der Waals surface area contributed by atoms with Gasteiger partial charge in [-0.2, -0.15) is 5.26 Å². The number of nitriles is 1. The Morgan fingerprint density at radius 1 is 1.18 bits per heavy atom. The van der Waals surface area contributed by atoms with Crippen LogP contribution in [-0.2, 0) is 11.4 Å². The lowest BCUT2D eigenvalue weighted by molar-refractivity contribution is -0.384. The lowest BCUT2D eigenvalue weighted by Crippen LogP contribution is -2.13. The van der Waals surface area contributed by atoms with Gasteiger partial charge in [0, 0.05) is 10.5 Å². The normalized spacial score (nSPS) is 10.8. The van der Waals surface area contributed by atoms with Crippen LogP contribution in [0.5, 0.6) is 17.2 Å². The molecule has 0 heterocycles. The Morgan fingerprint density at radius 3 is 2.53 bits per heavy atom. The number of hydrogen-bond donors (Lipinski definition) is 2. The molecule has 34 heavy (non-hydrogen) atoms. The van der Waals surface area contributed by atoms with Crippen molar-refractivity contribution < 1.29 is 24.3 Å². The number of halogens is 1. The quantitative estimate of drug-likeness (QED) is 0.136. The summed E-state index contributed by atoms with van der Waals surface area (Å²) in [6.07, 6.45) is 1.35. The number of ether oxygens (including phenoxy) is 2. The van der Waals surface area contributed by atoms with E-state index in [1.54, 1.807) is 18.2 Å². The fourth-order valence-electron chi connectivity index (χ4n) is 2.88. The Balaban J connectivity index is 1.80. The van der Waals surface area contributed by atoms with Crippen LogP contribution < -0.4 is 14.8 Å². The molecule has 3 aromatic carbocycles. The maximum atomic E-state index is 12.6. The summed E-state index contributed by atoms with van der Waals surface area (Å²) < 4.78 is 12.2. The summed E-state index contributed by atoms with van der Waals surface area (Å²) in [5.41, 5.74) is 0.796. The minimum absolute atomic E-state index is 0.0648. The molecule has 0 atom stereocenters. The monoisotopic (exact) mass is 523 g/mol. The average molecular weight is 524 g/mol. The first kappa shape index (κ1) is 24.3. The predicted molar refractivity (Wildman–Crippen MR) is 128 cm³/mol. The van der Waals surface area contributed by atoms with Crippen molar-refractivity contribution in [3.8, 4) is 23.3 Å². The lowest BCUT2D eigenvalue weighted by atomic mass is 10.1. The van der Waals surface area contributed by atoms with Gasteiger partial charge in [-0.25, -0.2) is 0 Å². The van der Waals surface area contributed by atoms with Gasteiger partial charge in [-0.05, 0) is 47.5 Å². The Kier molecular flexibility index (Phi) is 7.84. The van der Waals surface area contributed by atoms with Gasteiger partial charge in [-0.3, -0.25) is 14.9 Å². The van der Waals surface area contributed by atoms with Crippen molar-refractivity contribution >= 4 is 39.3 Å². The van der Waals surface area contributed by atoms with Gasteiger partial charge in [-0.15, -0.1) is 0 Å². The number of non-ortho nitro benzene ring substituents is 1. The number of phenols is 1. The zero-order valence-corrected chi connectivity index (χ0v) is 19.4. The SMILES string of the molecule is COc1ccc(C=C(C#N)C(=O)Nc2ccc([N+](=O)[O-])cc2O)cc1OCc1ccc(Br)cc1. The number of nitro groups is 1. The van der Waals surface area contributed by atoms with E-state index in [0.29, 0.717) is 17.1 Å². The summed E-state index contributed by atoms with van der Waals surface area (Å²) in [6.45, 7) is 0.280. The molecule has 0 radical (unpaired) electrons. The second kappa shape index (κ2) is 11.0. The zero-order valence-electron chi connectivity index (χ0n) is 17.8. The highest BCUT2D eigenvalue weighted by atomic mass is 79.9. The van der Waals surface area contributed by atoms with E-state index in [1.807, 2.05) is 30.3 Å². The molecule has 0 aliphatic heterocycles. The molecular formula is C24H18BrN3O6. The van der Waals surface area contributed by atoms with Crippen molar-refractivity contribution in [3.05, 3.63) is 92.0 Å². The number of nitro benzene ring substituents is 1. The van der Waals surface area contributed by atoms with E-state index < -0.39 is 16.6 Å². The summed E-state index contributed by atoms with van der Waals surface area (Å²) in [5.74, 6) is -0.384. The van der Waals surface area contributed by atoms with Crippen LogP contribution >= 0.6 is 15.9 Å². The number of rotatable bonds is 8. The zero-order chi connectivity index (χ0) is 24.7.